The molecule has 5 N–H and O–H groups in total. The number of H-pyrrole nitrogens is 1. The predicted octanol–water partition coefficient (Wildman–Crippen LogP) is 2.63. The third-order valence-corrected chi connectivity index (χ3v) is 3.75. The zero-order valence-electron chi connectivity index (χ0n) is 13.0. The van der Waals surface area contributed by atoms with Gasteiger partial charge in [-0.3, -0.25) is 4.79 Å². The van der Waals surface area contributed by atoms with Gasteiger partial charge in [0, 0.05) is 34.9 Å². The van der Waals surface area contributed by atoms with Gasteiger partial charge < -0.3 is 21.4 Å². The Hall–Kier alpha value is -3.28. The molecular weight excluding hydrogens is 304 g/mol. The van der Waals surface area contributed by atoms with Crippen molar-refractivity contribution in [3.63, 3.8) is 0 Å². The first-order valence-corrected chi connectivity index (χ1v) is 7.63. The molecule has 1 heterocycles. The topological polar surface area (TPSA) is 100 Å². The van der Waals surface area contributed by atoms with Crippen molar-refractivity contribution >= 4 is 28.5 Å². The van der Waals surface area contributed by atoms with Crippen LogP contribution in [0.5, 0.6) is 0 Å². The van der Waals surface area contributed by atoms with Gasteiger partial charge in [-0.2, -0.15) is 0 Å². The second kappa shape index (κ2) is 6.87. The van der Waals surface area contributed by atoms with Crippen LogP contribution in [-0.4, -0.2) is 23.5 Å². The molecule has 0 saturated heterocycles. The van der Waals surface area contributed by atoms with Crippen LogP contribution in [0.25, 0.3) is 10.9 Å². The molecule has 6 heteroatoms. The van der Waals surface area contributed by atoms with E-state index in [4.69, 9.17) is 5.73 Å². The zero-order chi connectivity index (χ0) is 16.9. The van der Waals surface area contributed by atoms with Crippen LogP contribution in [0.1, 0.15) is 15.9 Å². The minimum Gasteiger partial charge on any atom is -0.361 e. The van der Waals surface area contributed by atoms with Crippen LogP contribution in [0.4, 0.5) is 10.5 Å². The molecule has 0 atom stereocenters. The van der Waals surface area contributed by atoms with Gasteiger partial charge in [-0.15, -0.1) is 0 Å². The third kappa shape index (κ3) is 3.55. The SMILES string of the molecule is NC(=O)Nc1cccc(C(=O)NCCc2c[nH]c3ccccc23)c1. The van der Waals surface area contributed by atoms with Crippen LogP contribution < -0.4 is 16.4 Å². The largest absolute Gasteiger partial charge is 0.361 e. The number of urea groups is 1. The Morgan fingerprint density at radius 2 is 1.92 bits per heavy atom. The van der Waals surface area contributed by atoms with Crippen molar-refractivity contribution in [2.75, 3.05) is 11.9 Å². The summed E-state index contributed by atoms with van der Waals surface area (Å²) in [6, 6.07) is 14.0. The number of rotatable bonds is 5. The molecule has 0 bridgehead atoms. The first-order chi connectivity index (χ1) is 11.6. The fourth-order valence-electron chi connectivity index (χ4n) is 2.63. The van der Waals surface area contributed by atoms with E-state index in [9.17, 15) is 9.59 Å². The highest BCUT2D eigenvalue weighted by atomic mass is 16.2. The van der Waals surface area contributed by atoms with E-state index in [0.29, 0.717) is 17.8 Å². The van der Waals surface area contributed by atoms with Crippen molar-refractivity contribution in [3.8, 4) is 0 Å². The van der Waals surface area contributed by atoms with Gasteiger partial charge in [-0.25, -0.2) is 4.79 Å². The number of para-hydroxylation sites is 1. The predicted molar refractivity (Wildman–Crippen MR) is 94.0 cm³/mol. The fourth-order valence-corrected chi connectivity index (χ4v) is 2.63. The van der Waals surface area contributed by atoms with Gasteiger partial charge in [0.25, 0.3) is 5.91 Å². The molecule has 0 spiro atoms. The second-order valence-electron chi connectivity index (χ2n) is 5.44. The van der Waals surface area contributed by atoms with E-state index in [0.717, 1.165) is 17.5 Å². The van der Waals surface area contributed by atoms with Gasteiger partial charge >= 0.3 is 6.03 Å². The zero-order valence-corrected chi connectivity index (χ0v) is 13.0. The highest BCUT2D eigenvalue weighted by Crippen LogP contribution is 2.17. The van der Waals surface area contributed by atoms with Crippen LogP contribution in [0.3, 0.4) is 0 Å². The molecule has 0 aliphatic heterocycles. The Balaban J connectivity index is 1.60. The van der Waals surface area contributed by atoms with Gasteiger partial charge in [0.1, 0.15) is 0 Å². The van der Waals surface area contributed by atoms with E-state index in [-0.39, 0.29) is 5.91 Å². The highest BCUT2D eigenvalue weighted by Gasteiger charge is 2.08. The van der Waals surface area contributed by atoms with Crippen molar-refractivity contribution in [2.24, 2.45) is 5.73 Å². The molecule has 0 radical (unpaired) electrons. The van der Waals surface area contributed by atoms with Gasteiger partial charge in [0.05, 0.1) is 0 Å². The number of aromatic nitrogens is 1. The molecule has 122 valence electrons. The third-order valence-electron chi connectivity index (χ3n) is 3.75. The van der Waals surface area contributed by atoms with Crippen molar-refractivity contribution in [2.45, 2.75) is 6.42 Å². The van der Waals surface area contributed by atoms with Crippen LogP contribution >= 0.6 is 0 Å². The average molecular weight is 322 g/mol. The number of fused-ring (bicyclic) bond motifs is 1. The summed E-state index contributed by atoms with van der Waals surface area (Å²) in [5, 5.41) is 6.51. The molecule has 2 aromatic carbocycles. The smallest absolute Gasteiger partial charge is 0.316 e. The lowest BCUT2D eigenvalue weighted by Crippen LogP contribution is -2.26. The maximum atomic E-state index is 12.2. The van der Waals surface area contributed by atoms with E-state index in [2.05, 4.69) is 21.7 Å². The molecule has 3 rings (SSSR count). The van der Waals surface area contributed by atoms with E-state index in [1.165, 1.54) is 5.39 Å². The lowest BCUT2D eigenvalue weighted by atomic mass is 10.1. The first-order valence-electron chi connectivity index (χ1n) is 7.63. The van der Waals surface area contributed by atoms with Crippen molar-refractivity contribution in [3.05, 3.63) is 65.9 Å². The average Bonchev–Trinajstić information content (AvgIpc) is 2.98. The quantitative estimate of drug-likeness (QED) is 0.580. The Bertz CT molecular complexity index is 885. The van der Waals surface area contributed by atoms with Crippen LogP contribution in [-0.2, 0) is 6.42 Å². The standard InChI is InChI=1S/C18H18N4O2/c19-18(24)22-14-5-3-4-12(10-14)17(23)20-9-8-13-11-21-16-7-2-1-6-15(13)16/h1-7,10-11,21H,8-9H2,(H,20,23)(H3,19,22,24). The maximum Gasteiger partial charge on any atom is 0.316 e. The summed E-state index contributed by atoms with van der Waals surface area (Å²) in [6.07, 6.45) is 2.70. The number of carbonyl (C=O) groups is 2. The molecule has 24 heavy (non-hydrogen) atoms. The number of benzene rings is 2. The number of hydrogen-bond donors (Lipinski definition) is 4. The lowest BCUT2D eigenvalue weighted by molar-refractivity contribution is 0.0954. The summed E-state index contributed by atoms with van der Waals surface area (Å²) in [7, 11) is 0. The van der Waals surface area contributed by atoms with E-state index in [1.54, 1.807) is 24.3 Å². The lowest BCUT2D eigenvalue weighted by Gasteiger charge is -2.07. The normalized spacial score (nSPS) is 10.5. The Kier molecular flexibility index (Phi) is 4.47. The number of nitrogens with one attached hydrogen (secondary N) is 3. The Morgan fingerprint density at radius 3 is 2.75 bits per heavy atom. The minimum atomic E-state index is -0.660. The molecule has 6 nitrogen and oxygen atoms in total. The number of nitrogens with two attached hydrogens (primary N) is 1. The molecule has 0 fully saturated rings. The molecule has 0 aliphatic rings. The number of carbonyl (C=O) groups excluding carboxylic acids is 2. The van der Waals surface area contributed by atoms with E-state index in [1.807, 2.05) is 24.4 Å². The maximum absolute atomic E-state index is 12.2. The van der Waals surface area contributed by atoms with Gasteiger partial charge in [-0.1, -0.05) is 24.3 Å². The molecule has 3 aromatic rings. The summed E-state index contributed by atoms with van der Waals surface area (Å²) < 4.78 is 0. The van der Waals surface area contributed by atoms with E-state index >= 15 is 0 Å². The number of anilines is 1. The van der Waals surface area contributed by atoms with Crippen LogP contribution in [0, 0.1) is 0 Å². The first kappa shape index (κ1) is 15.6. The summed E-state index contributed by atoms with van der Waals surface area (Å²) >= 11 is 0. The number of primary amides is 1. The number of aromatic amines is 1. The van der Waals surface area contributed by atoms with Crippen molar-refractivity contribution in [1.82, 2.24) is 10.3 Å². The summed E-state index contributed by atoms with van der Waals surface area (Å²) in [5.74, 6) is -0.192. The highest BCUT2D eigenvalue weighted by molar-refractivity contribution is 5.96. The van der Waals surface area contributed by atoms with Crippen LogP contribution in [0.2, 0.25) is 0 Å². The second-order valence-corrected chi connectivity index (χ2v) is 5.44. The molecule has 1 aromatic heterocycles. The molecule has 0 aliphatic carbocycles. The summed E-state index contributed by atoms with van der Waals surface area (Å²) in [6.45, 7) is 0.522. The molecular formula is C18H18N4O2. The number of hydrogen-bond acceptors (Lipinski definition) is 2. The summed E-state index contributed by atoms with van der Waals surface area (Å²) in [5.41, 5.74) is 8.29. The van der Waals surface area contributed by atoms with Crippen molar-refractivity contribution < 1.29 is 9.59 Å². The summed E-state index contributed by atoms with van der Waals surface area (Å²) in [4.78, 5) is 26.3. The Labute approximate surface area is 139 Å². The van der Waals surface area contributed by atoms with E-state index < -0.39 is 6.03 Å². The number of amides is 3. The minimum absolute atomic E-state index is 0.192. The van der Waals surface area contributed by atoms with Gasteiger partial charge in [-0.05, 0) is 36.2 Å². The van der Waals surface area contributed by atoms with Crippen LogP contribution in [0.15, 0.2) is 54.7 Å². The Morgan fingerprint density at radius 1 is 1.08 bits per heavy atom. The molecule has 3 amide bonds. The molecule has 0 saturated carbocycles. The van der Waals surface area contributed by atoms with Gasteiger partial charge in [0.2, 0.25) is 0 Å². The molecule has 0 unspecified atom stereocenters. The fraction of sp³-hybridized carbons (Fsp3) is 0.111. The van der Waals surface area contributed by atoms with Gasteiger partial charge in [0.15, 0.2) is 0 Å². The monoisotopic (exact) mass is 322 g/mol. The van der Waals surface area contributed by atoms with Crippen molar-refractivity contribution in [1.29, 1.82) is 0 Å².